The molecule has 0 aliphatic carbocycles. The van der Waals surface area contributed by atoms with E-state index < -0.39 is 0 Å². The van der Waals surface area contributed by atoms with Gasteiger partial charge in [-0.2, -0.15) is 0 Å². The van der Waals surface area contributed by atoms with Crippen molar-refractivity contribution in [2.75, 3.05) is 26.2 Å². The number of likely N-dealkylation sites (tertiary alicyclic amines) is 1. The summed E-state index contributed by atoms with van der Waals surface area (Å²) in [7, 11) is 0. The fraction of sp³-hybridized carbons (Fsp3) is 0.786. The van der Waals surface area contributed by atoms with Crippen molar-refractivity contribution in [3.8, 4) is 0 Å². The molecular formula is C14H24ClN5O. The zero-order valence-electron chi connectivity index (χ0n) is 12.5. The van der Waals surface area contributed by atoms with Crippen LogP contribution in [0.2, 0.25) is 0 Å². The third-order valence-corrected chi connectivity index (χ3v) is 4.56. The van der Waals surface area contributed by atoms with E-state index in [1.54, 1.807) is 0 Å². The molecule has 6 nitrogen and oxygen atoms in total. The van der Waals surface area contributed by atoms with Gasteiger partial charge in [0.05, 0.1) is 12.2 Å². The number of rotatable bonds is 3. The standard InChI is InChI=1S/C14H23N5O.ClH/c1-2-11-5-8-18(9-11)14(20)13-10-19(17-16-13)12-3-6-15-7-4-12;/h10-12,15H,2-9H2,1H3;1H. The molecule has 3 rings (SSSR count). The second-order valence-electron chi connectivity index (χ2n) is 5.88. The van der Waals surface area contributed by atoms with Gasteiger partial charge < -0.3 is 10.2 Å². The number of hydrogen-bond acceptors (Lipinski definition) is 4. The van der Waals surface area contributed by atoms with Crippen LogP contribution in [0, 0.1) is 5.92 Å². The van der Waals surface area contributed by atoms with Crippen molar-refractivity contribution in [1.29, 1.82) is 0 Å². The van der Waals surface area contributed by atoms with Crippen LogP contribution in [0.25, 0.3) is 0 Å². The number of amides is 1. The molecule has 7 heteroatoms. The van der Waals surface area contributed by atoms with E-state index in [1.165, 1.54) is 0 Å². The summed E-state index contributed by atoms with van der Waals surface area (Å²) in [4.78, 5) is 14.3. The molecular weight excluding hydrogens is 290 g/mol. The Morgan fingerprint density at radius 1 is 1.38 bits per heavy atom. The average Bonchev–Trinajstić information content (AvgIpc) is 3.17. The lowest BCUT2D eigenvalue weighted by Crippen LogP contribution is -2.30. The molecule has 0 spiro atoms. The van der Waals surface area contributed by atoms with Gasteiger partial charge in [-0.1, -0.05) is 18.6 Å². The monoisotopic (exact) mass is 313 g/mol. The fourth-order valence-corrected chi connectivity index (χ4v) is 3.14. The van der Waals surface area contributed by atoms with Gasteiger partial charge in [-0.05, 0) is 38.3 Å². The third-order valence-electron chi connectivity index (χ3n) is 4.56. The van der Waals surface area contributed by atoms with Gasteiger partial charge in [-0.3, -0.25) is 4.79 Å². The van der Waals surface area contributed by atoms with Crippen molar-refractivity contribution in [3.63, 3.8) is 0 Å². The van der Waals surface area contributed by atoms with Gasteiger partial charge >= 0.3 is 0 Å². The van der Waals surface area contributed by atoms with Crippen LogP contribution in [0.1, 0.15) is 49.1 Å². The summed E-state index contributed by atoms with van der Waals surface area (Å²) in [5.41, 5.74) is 0.500. The van der Waals surface area contributed by atoms with Gasteiger partial charge in [0.1, 0.15) is 0 Å². The maximum atomic E-state index is 12.4. The molecule has 21 heavy (non-hydrogen) atoms. The van der Waals surface area contributed by atoms with E-state index in [4.69, 9.17) is 0 Å². The summed E-state index contributed by atoms with van der Waals surface area (Å²) >= 11 is 0. The smallest absolute Gasteiger partial charge is 0.276 e. The minimum atomic E-state index is 0. The maximum Gasteiger partial charge on any atom is 0.276 e. The molecule has 0 radical (unpaired) electrons. The number of carbonyl (C=O) groups is 1. The lowest BCUT2D eigenvalue weighted by atomic mass is 10.1. The second kappa shape index (κ2) is 7.22. The first-order valence-electron chi connectivity index (χ1n) is 7.69. The summed E-state index contributed by atoms with van der Waals surface area (Å²) in [6, 6.07) is 0.382. The van der Waals surface area contributed by atoms with Gasteiger partial charge in [0.2, 0.25) is 0 Å². The SMILES string of the molecule is CCC1CCN(C(=O)c2cn(C3CCNCC3)nn2)C1.Cl. The number of piperidine rings is 1. The molecule has 2 saturated heterocycles. The molecule has 1 atom stereocenters. The van der Waals surface area contributed by atoms with E-state index >= 15 is 0 Å². The molecule has 2 aliphatic heterocycles. The zero-order chi connectivity index (χ0) is 13.9. The molecule has 1 aromatic rings. The molecule has 1 N–H and O–H groups in total. The van der Waals surface area contributed by atoms with Crippen molar-refractivity contribution in [3.05, 3.63) is 11.9 Å². The van der Waals surface area contributed by atoms with Crippen LogP contribution in [0.3, 0.4) is 0 Å². The average molecular weight is 314 g/mol. The summed E-state index contributed by atoms with van der Waals surface area (Å²) in [6.07, 6.45) is 6.20. The normalized spacial score (nSPS) is 23.1. The highest BCUT2D eigenvalue weighted by molar-refractivity contribution is 5.92. The summed E-state index contributed by atoms with van der Waals surface area (Å²) in [5.74, 6) is 0.694. The predicted octanol–water partition coefficient (Wildman–Crippen LogP) is 1.50. The first-order chi connectivity index (χ1) is 9.78. The number of hydrogen-bond donors (Lipinski definition) is 1. The Morgan fingerprint density at radius 3 is 2.81 bits per heavy atom. The quantitative estimate of drug-likeness (QED) is 0.918. The number of halogens is 1. The Balaban J connectivity index is 0.00000161. The van der Waals surface area contributed by atoms with Crippen LogP contribution in [-0.2, 0) is 0 Å². The highest BCUT2D eigenvalue weighted by Crippen LogP contribution is 2.21. The topological polar surface area (TPSA) is 63.1 Å². The van der Waals surface area contributed by atoms with Crippen LogP contribution >= 0.6 is 12.4 Å². The highest BCUT2D eigenvalue weighted by atomic mass is 35.5. The highest BCUT2D eigenvalue weighted by Gasteiger charge is 2.28. The number of nitrogens with one attached hydrogen (secondary N) is 1. The predicted molar refractivity (Wildman–Crippen MR) is 82.7 cm³/mol. The van der Waals surface area contributed by atoms with Gasteiger partial charge in [0, 0.05) is 13.1 Å². The van der Waals surface area contributed by atoms with Gasteiger partial charge in [-0.25, -0.2) is 4.68 Å². The van der Waals surface area contributed by atoms with E-state index in [9.17, 15) is 4.79 Å². The van der Waals surface area contributed by atoms with E-state index in [1.807, 2.05) is 15.8 Å². The molecule has 0 bridgehead atoms. The Morgan fingerprint density at radius 2 is 2.14 bits per heavy atom. The van der Waals surface area contributed by atoms with Crippen LogP contribution in [0.4, 0.5) is 0 Å². The summed E-state index contributed by atoms with van der Waals surface area (Å²) in [6.45, 7) is 5.94. The first kappa shape index (κ1) is 16.2. The Bertz CT molecular complexity index is 472. The van der Waals surface area contributed by atoms with Crippen molar-refractivity contribution < 1.29 is 4.79 Å². The van der Waals surface area contributed by atoms with Crippen molar-refractivity contribution in [1.82, 2.24) is 25.2 Å². The number of aromatic nitrogens is 3. The molecule has 0 saturated carbocycles. The van der Waals surface area contributed by atoms with E-state index in [0.29, 0.717) is 17.7 Å². The van der Waals surface area contributed by atoms with Crippen LogP contribution < -0.4 is 5.32 Å². The molecule has 1 unspecified atom stereocenters. The minimum Gasteiger partial charge on any atom is -0.337 e. The van der Waals surface area contributed by atoms with Crippen LogP contribution in [0.5, 0.6) is 0 Å². The molecule has 3 heterocycles. The minimum absolute atomic E-state index is 0. The lowest BCUT2D eigenvalue weighted by molar-refractivity contribution is 0.0781. The van der Waals surface area contributed by atoms with Gasteiger partial charge in [-0.15, -0.1) is 17.5 Å². The van der Waals surface area contributed by atoms with E-state index in [0.717, 1.165) is 51.9 Å². The molecule has 2 aliphatic rings. The van der Waals surface area contributed by atoms with Gasteiger partial charge in [0.15, 0.2) is 5.69 Å². The van der Waals surface area contributed by atoms with E-state index in [-0.39, 0.29) is 18.3 Å². The van der Waals surface area contributed by atoms with Crippen molar-refractivity contribution in [2.45, 2.75) is 38.6 Å². The van der Waals surface area contributed by atoms with Crippen molar-refractivity contribution in [2.24, 2.45) is 5.92 Å². The van der Waals surface area contributed by atoms with Gasteiger partial charge in [0.25, 0.3) is 5.91 Å². The number of nitrogens with zero attached hydrogens (tertiary/aromatic N) is 4. The Labute approximate surface area is 131 Å². The van der Waals surface area contributed by atoms with Crippen LogP contribution in [-0.4, -0.2) is 52.0 Å². The Kier molecular flexibility index (Phi) is 5.58. The molecule has 1 amide bonds. The Hall–Kier alpha value is -1.14. The summed E-state index contributed by atoms with van der Waals surface area (Å²) in [5, 5.41) is 11.6. The van der Waals surface area contributed by atoms with Crippen molar-refractivity contribution >= 4 is 18.3 Å². The van der Waals surface area contributed by atoms with E-state index in [2.05, 4.69) is 22.6 Å². The summed E-state index contributed by atoms with van der Waals surface area (Å²) < 4.78 is 1.88. The number of carbonyl (C=O) groups excluding carboxylic acids is 1. The molecule has 118 valence electrons. The largest absolute Gasteiger partial charge is 0.337 e. The second-order valence-corrected chi connectivity index (χ2v) is 5.88. The molecule has 2 fully saturated rings. The third kappa shape index (κ3) is 3.55. The lowest BCUT2D eigenvalue weighted by Gasteiger charge is -2.22. The van der Waals surface area contributed by atoms with Crippen LogP contribution in [0.15, 0.2) is 6.20 Å². The molecule has 1 aromatic heterocycles. The maximum absolute atomic E-state index is 12.4. The zero-order valence-corrected chi connectivity index (χ0v) is 13.3. The first-order valence-corrected chi connectivity index (χ1v) is 7.69. The fourth-order valence-electron chi connectivity index (χ4n) is 3.14. The molecule has 0 aromatic carbocycles.